The zero-order chi connectivity index (χ0) is 12.3. The van der Waals surface area contributed by atoms with E-state index in [9.17, 15) is 4.39 Å². The molecule has 0 aliphatic heterocycles. The highest BCUT2D eigenvalue weighted by atomic mass is 79.9. The Kier molecular flexibility index (Phi) is 3.40. The van der Waals surface area contributed by atoms with Gasteiger partial charge in [-0.2, -0.15) is 5.26 Å². The molecule has 0 amide bonds. The standard InChI is InChI=1S/C13H8BrFN2/c14-10-1-3-12(4-2-10)17-13-6-9(8-16)5-11(15)7-13/h1-7,17H. The van der Waals surface area contributed by atoms with Crippen molar-refractivity contribution in [3.8, 4) is 6.07 Å². The molecule has 4 heteroatoms. The Morgan fingerprint density at radius 1 is 1.06 bits per heavy atom. The van der Waals surface area contributed by atoms with Crippen molar-refractivity contribution in [2.45, 2.75) is 0 Å². The lowest BCUT2D eigenvalue weighted by molar-refractivity contribution is 0.628. The molecule has 17 heavy (non-hydrogen) atoms. The normalized spacial score (nSPS) is 9.71. The van der Waals surface area contributed by atoms with Gasteiger partial charge in [0.1, 0.15) is 5.82 Å². The van der Waals surface area contributed by atoms with Crippen LogP contribution in [0.15, 0.2) is 46.9 Å². The first kappa shape index (κ1) is 11.6. The number of nitriles is 1. The van der Waals surface area contributed by atoms with Crippen LogP contribution in [0.2, 0.25) is 0 Å². The van der Waals surface area contributed by atoms with Crippen LogP contribution >= 0.6 is 15.9 Å². The molecule has 0 aliphatic rings. The predicted octanol–water partition coefficient (Wildman–Crippen LogP) is 4.20. The average Bonchev–Trinajstić information content (AvgIpc) is 2.31. The lowest BCUT2D eigenvalue weighted by Crippen LogP contribution is -1.92. The van der Waals surface area contributed by atoms with E-state index in [0.717, 1.165) is 10.2 Å². The van der Waals surface area contributed by atoms with Crippen LogP contribution in [0.5, 0.6) is 0 Å². The summed E-state index contributed by atoms with van der Waals surface area (Å²) in [6.45, 7) is 0. The minimum absolute atomic E-state index is 0.296. The van der Waals surface area contributed by atoms with Gasteiger partial charge >= 0.3 is 0 Å². The summed E-state index contributed by atoms with van der Waals surface area (Å²) < 4.78 is 14.2. The van der Waals surface area contributed by atoms with Crippen LogP contribution in [0.25, 0.3) is 0 Å². The molecule has 0 radical (unpaired) electrons. The monoisotopic (exact) mass is 290 g/mol. The van der Waals surface area contributed by atoms with Gasteiger partial charge in [0.2, 0.25) is 0 Å². The molecule has 0 atom stereocenters. The van der Waals surface area contributed by atoms with Crippen molar-refractivity contribution in [1.82, 2.24) is 0 Å². The quantitative estimate of drug-likeness (QED) is 0.900. The van der Waals surface area contributed by atoms with Gasteiger partial charge in [0.05, 0.1) is 11.6 Å². The Bertz CT molecular complexity index is 573. The summed E-state index contributed by atoms with van der Waals surface area (Å²) >= 11 is 3.33. The number of halogens is 2. The molecule has 2 nitrogen and oxygen atoms in total. The van der Waals surface area contributed by atoms with Crippen molar-refractivity contribution in [2.24, 2.45) is 0 Å². The molecule has 0 spiro atoms. The Morgan fingerprint density at radius 3 is 2.41 bits per heavy atom. The molecule has 2 rings (SSSR count). The van der Waals surface area contributed by atoms with E-state index >= 15 is 0 Å². The van der Waals surface area contributed by atoms with E-state index in [1.807, 2.05) is 30.3 Å². The number of rotatable bonds is 2. The second kappa shape index (κ2) is 4.98. The van der Waals surface area contributed by atoms with Crippen molar-refractivity contribution >= 4 is 27.3 Å². The van der Waals surface area contributed by atoms with E-state index in [1.165, 1.54) is 12.1 Å². The summed E-state index contributed by atoms with van der Waals surface area (Å²) in [5.41, 5.74) is 1.69. The molecular weight excluding hydrogens is 283 g/mol. The van der Waals surface area contributed by atoms with Gasteiger partial charge < -0.3 is 5.32 Å². The Hall–Kier alpha value is -1.86. The Balaban J connectivity index is 2.27. The maximum absolute atomic E-state index is 13.2. The van der Waals surface area contributed by atoms with Gasteiger partial charge in [0.15, 0.2) is 0 Å². The summed E-state index contributed by atoms with van der Waals surface area (Å²) in [6, 6.07) is 13.6. The fraction of sp³-hybridized carbons (Fsp3) is 0. The van der Waals surface area contributed by atoms with Gasteiger partial charge in [0.25, 0.3) is 0 Å². The van der Waals surface area contributed by atoms with E-state index in [1.54, 1.807) is 6.07 Å². The third-order valence-corrected chi connectivity index (χ3v) is 2.69. The maximum atomic E-state index is 13.2. The lowest BCUT2D eigenvalue weighted by atomic mass is 10.2. The first-order valence-electron chi connectivity index (χ1n) is 4.90. The lowest BCUT2D eigenvalue weighted by Gasteiger charge is -2.07. The molecule has 0 saturated heterocycles. The molecule has 0 fully saturated rings. The highest BCUT2D eigenvalue weighted by Crippen LogP contribution is 2.21. The Morgan fingerprint density at radius 2 is 1.76 bits per heavy atom. The second-order valence-corrected chi connectivity index (χ2v) is 4.39. The predicted molar refractivity (Wildman–Crippen MR) is 68.5 cm³/mol. The van der Waals surface area contributed by atoms with Crippen LogP contribution in [-0.2, 0) is 0 Å². The minimum atomic E-state index is -0.427. The number of anilines is 2. The zero-order valence-electron chi connectivity index (χ0n) is 8.74. The first-order chi connectivity index (χ1) is 8.17. The molecule has 2 aromatic rings. The topological polar surface area (TPSA) is 35.8 Å². The second-order valence-electron chi connectivity index (χ2n) is 3.47. The number of nitrogens with zero attached hydrogens (tertiary/aromatic N) is 1. The van der Waals surface area contributed by atoms with Crippen molar-refractivity contribution in [1.29, 1.82) is 5.26 Å². The molecule has 84 valence electrons. The van der Waals surface area contributed by atoms with Crippen LogP contribution in [0.1, 0.15) is 5.56 Å². The summed E-state index contributed by atoms with van der Waals surface area (Å²) in [4.78, 5) is 0. The summed E-state index contributed by atoms with van der Waals surface area (Å²) in [7, 11) is 0. The molecule has 0 saturated carbocycles. The molecule has 0 heterocycles. The van der Waals surface area contributed by atoms with E-state index in [-0.39, 0.29) is 0 Å². The molecule has 0 bridgehead atoms. The van der Waals surface area contributed by atoms with Gasteiger partial charge in [-0.15, -0.1) is 0 Å². The summed E-state index contributed by atoms with van der Waals surface area (Å²) in [5.74, 6) is -0.427. The van der Waals surface area contributed by atoms with Crippen molar-refractivity contribution in [3.63, 3.8) is 0 Å². The van der Waals surface area contributed by atoms with Gasteiger partial charge in [-0.05, 0) is 42.5 Å². The Labute approximate surface area is 107 Å². The number of nitrogens with one attached hydrogen (secondary N) is 1. The maximum Gasteiger partial charge on any atom is 0.126 e. The molecule has 0 aromatic heterocycles. The molecule has 0 unspecified atom stereocenters. The van der Waals surface area contributed by atoms with Crippen LogP contribution < -0.4 is 5.32 Å². The van der Waals surface area contributed by atoms with Crippen molar-refractivity contribution in [2.75, 3.05) is 5.32 Å². The SMILES string of the molecule is N#Cc1cc(F)cc(Nc2ccc(Br)cc2)c1. The van der Waals surface area contributed by atoms with Crippen LogP contribution in [0.4, 0.5) is 15.8 Å². The highest BCUT2D eigenvalue weighted by Gasteiger charge is 2.01. The smallest absolute Gasteiger partial charge is 0.126 e. The molecule has 2 aromatic carbocycles. The van der Waals surface area contributed by atoms with Gasteiger partial charge in [-0.25, -0.2) is 4.39 Å². The molecular formula is C13H8BrFN2. The number of hydrogen-bond donors (Lipinski definition) is 1. The number of hydrogen-bond acceptors (Lipinski definition) is 2. The van der Waals surface area contributed by atoms with Gasteiger partial charge in [-0.3, -0.25) is 0 Å². The van der Waals surface area contributed by atoms with E-state index in [4.69, 9.17) is 5.26 Å². The van der Waals surface area contributed by atoms with E-state index in [2.05, 4.69) is 21.2 Å². The largest absolute Gasteiger partial charge is 0.355 e. The summed E-state index contributed by atoms with van der Waals surface area (Å²) in [6.07, 6.45) is 0. The van der Waals surface area contributed by atoms with E-state index in [0.29, 0.717) is 11.3 Å². The first-order valence-corrected chi connectivity index (χ1v) is 5.70. The summed E-state index contributed by atoms with van der Waals surface area (Å²) in [5, 5.41) is 11.8. The minimum Gasteiger partial charge on any atom is -0.355 e. The number of benzene rings is 2. The third kappa shape index (κ3) is 3.05. The van der Waals surface area contributed by atoms with E-state index < -0.39 is 5.82 Å². The van der Waals surface area contributed by atoms with Gasteiger partial charge in [-0.1, -0.05) is 15.9 Å². The average molecular weight is 291 g/mol. The van der Waals surface area contributed by atoms with Gasteiger partial charge in [0, 0.05) is 15.8 Å². The van der Waals surface area contributed by atoms with Crippen LogP contribution in [0.3, 0.4) is 0 Å². The zero-order valence-corrected chi connectivity index (χ0v) is 10.3. The van der Waals surface area contributed by atoms with Crippen LogP contribution in [-0.4, -0.2) is 0 Å². The molecule has 1 N–H and O–H groups in total. The highest BCUT2D eigenvalue weighted by molar-refractivity contribution is 9.10. The van der Waals surface area contributed by atoms with Crippen molar-refractivity contribution < 1.29 is 4.39 Å². The van der Waals surface area contributed by atoms with Crippen LogP contribution in [0, 0.1) is 17.1 Å². The van der Waals surface area contributed by atoms with Crippen molar-refractivity contribution in [3.05, 3.63) is 58.3 Å². The fourth-order valence-electron chi connectivity index (χ4n) is 1.43. The fourth-order valence-corrected chi connectivity index (χ4v) is 1.69. The third-order valence-electron chi connectivity index (χ3n) is 2.16. The molecule has 0 aliphatic carbocycles.